The SMILES string of the molecule is CCNc1nc(N)c(C(=O)Nc2cccc(COC)c2)s1. The van der Waals surface area contributed by atoms with E-state index < -0.39 is 0 Å². The highest BCUT2D eigenvalue weighted by Gasteiger charge is 2.16. The summed E-state index contributed by atoms with van der Waals surface area (Å²) in [5.41, 5.74) is 7.47. The lowest BCUT2D eigenvalue weighted by Crippen LogP contribution is -2.12. The van der Waals surface area contributed by atoms with E-state index in [1.54, 1.807) is 7.11 Å². The van der Waals surface area contributed by atoms with Crippen LogP contribution >= 0.6 is 11.3 Å². The van der Waals surface area contributed by atoms with Gasteiger partial charge in [0, 0.05) is 19.3 Å². The van der Waals surface area contributed by atoms with E-state index in [9.17, 15) is 4.79 Å². The molecule has 0 saturated carbocycles. The first-order valence-electron chi connectivity index (χ1n) is 6.53. The fourth-order valence-electron chi connectivity index (χ4n) is 1.81. The average Bonchev–Trinajstić information content (AvgIpc) is 2.81. The van der Waals surface area contributed by atoms with Gasteiger partial charge < -0.3 is 21.1 Å². The number of carbonyl (C=O) groups excluding carboxylic acids is 1. The molecule has 0 bridgehead atoms. The topological polar surface area (TPSA) is 89.3 Å². The highest BCUT2D eigenvalue weighted by Crippen LogP contribution is 2.26. The molecular weight excluding hydrogens is 288 g/mol. The van der Waals surface area contributed by atoms with Gasteiger partial charge in [0.05, 0.1) is 6.61 Å². The first kappa shape index (κ1) is 15.3. The lowest BCUT2D eigenvalue weighted by molar-refractivity contribution is 0.103. The number of ether oxygens (including phenoxy) is 1. The standard InChI is InChI=1S/C14H18N4O2S/c1-3-16-14-18-12(15)11(21-14)13(19)17-10-6-4-5-9(7-10)8-20-2/h4-7H,3,8,15H2,1-2H3,(H,16,18)(H,17,19). The van der Waals surface area contributed by atoms with Gasteiger partial charge in [0.2, 0.25) is 0 Å². The average molecular weight is 306 g/mol. The number of nitrogens with one attached hydrogen (secondary N) is 2. The lowest BCUT2D eigenvalue weighted by atomic mass is 10.2. The Balaban J connectivity index is 2.12. The van der Waals surface area contributed by atoms with Gasteiger partial charge in [-0.2, -0.15) is 0 Å². The number of carbonyl (C=O) groups is 1. The maximum Gasteiger partial charge on any atom is 0.269 e. The van der Waals surface area contributed by atoms with Gasteiger partial charge in [-0.25, -0.2) is 4.98 Å². The highest BCUT2D eigenvalue weighted by atomic mass is 32.1. The predicted octanol–water partition coefficient (Wildman–Crippen LogP) is 2.56. The number of aromatic nitrogens is 1. The van der Waals surface area contributed by atoms with Crippen LogP contribution in [0.3, 0.4) is 0 Å². The van der Waals surface area contributed by atoms with Crippen LogP contribution in [0.4, 0.5) is 16.6 Å². The number of nitrogens with zero attached hydrogens (tertiary/aromatic N) is 1. The van der Waals surface area contributed by atoms with E-state index in [4.69, 9.17) is 10.5 Å². The van der Waals surface area contributed by atoms with E-state index in [1.807, 2.05) is 31.2 Å². The molecule has 6 nitrogen and oxygen atoms in total. The molecule has 0 fully saturated rings. The highest BCUT2D eigenvalue weighted by molar-refractivity contribution is 7.18. The van der Waals surface area contributed by atoms with Crippen molar-refractivity contribution in [1.29, 1.82) is 0 Å². The summed E-state index contributed by atoms with van der Waals surface area (Å²) in [7, 11) is 1.63. The fourth-order valence-corrected chi connectivity index (χ4v) is 2.66. The molecule has 0 unspecified atom stereocenters. The Morgan fingerprint density at radius 2 is 2.29 bits per heavy atom. The molecule has 1 aromatic carbocycles. The predicted molar refractivity (Wildman–Crippen MR) is 85.8 cm³/mol. The molecule has 0 aliphatic heterocycles. The van der Waals surface area contributed by atoms with Gasteiger partial charge in [0.15, 0.2) is 5.13 Å². The van der Waals surface area contributed by atoms with Crippen molar-refractivity contribution < 1.29 is 9.53 Å². The number of thiazole rings is 1. The Morgan fingerprint density at radius 3 is 3.00 bits per heavy atom. The fraction of sp³-hybridized carbons (Fsp3) is 0.286. The van der Waals surface area contributed by atoms with Crippen LogP contribution in [-0.2, 0) is 11.3 Å². The number of rotatable bonds is 6. The minimum absolute atomic E-state index is 0.237. The zero-order valence-corrected chi connectivity index (χ0v) is 12.8. The molecule has 7 heteroatoms. The summed E-state index contributed by atoms with van der Waals surface area (Å²) < 4.78 is 5.07. The van der Waals surface area contributed by atoms with Crippen LogP contribution in [0.2, 0.25) is 0 Å². The molecular formula is C14H18N4O2S. The number of methoxy groups -OCH3 is 1. The molecule has 0 radical (unpaired) electrons. The first-order valence-corrected chi connectivity index (χ1v) is 7.35. The van der Waals surface area contributed by atoms with Crippen LogP contribution in [0.15, 0.2) is 24.3 Å². The summed E-state index contributed by atoms with van der Waals surface area (Å²) in [5.74, 6) is -0.0229. The van der Waals surface area contributed by atoms with Crippen molar-refractivity contribution in [3.8, 4) is 0 Å². The van der Waals surface area contributed by atoms with Crippen molar-refractivity contribution in [1.82, 2.24) is 4.98 Å². The Labute approximate surface area is 127 Å². The smallest absolute Gasteiger partial charge is 0.269 e. The first-order chi connectivity index (χ1) is 10.1. The zero-order valence-electron chi connectivity index (χ0n) is 12.0. The van der Waals surface area contributed by atoms with Crippen LogP contribution in [0.5, 0.6) is 0 Å². The van der Waals surface area contributed by atoms with Gasteiger partial charge in [-0.05, 0) is 24.6 Å². The Morgan fingerprint density at radius 1 is 1.48 bits per heavy atom. The van der Waals surface area contributed by atoms with E-state index in [2.05, 4.69) is 15.6 Å². The summed E-state index contributed by atoms with van der Waals surface area (Å²) >= 11 is 1.24. The number of amides is 1. The normalized spacial score (nSPS) is 10.4. The van der Waals surface area contributed by atoms with Gasteiger partial charge in [-0.3, -0.25) is 4.79 Å². The van der Waals surface area contributed by atoms with Crippen molar-refractivity contribution >= 4 is 33.9 Å². The van der Waals surface area contributed by atoms with Crippen molar-refractivity contribution in [3.05, 3.63) is 34.7 Å². The van der Waals surface area contributed by atoms with Crippen molar-refractivity contribution in [2.24, 2.45) is 0 Å². The monoisotopic (exact) mass is 306 g/mol. The minimum Gasteiger partial charge on any atom is -0.382 e. The molecule has 1 aromatic heterocycles. The third-order valence-electron chi connectivity index (χ3n) is 2.68. The summed E-state index contributed by atoms with van der Waals surface area (Å²) in [6.45, 7) is 3.18. The molecule has 2 aromatic rings. The maximum absolute atomic E-state index is 12.2. The molecule has 112 valence electrons. The molecule has 0 aliphatic rings. The largest absolute Gasteiger partial charge is 0.382 e. The Kier molecular flexibility index (Phi) is 5.13. The molecule has 4 N–H and O–H groups in total. The third-order valence-corrected chi connectivity index (χ3v) is 3.71. The van der Waals surface area contributed by atoms with Gasteiger partial charge in [0.25, 0.3) is 5.91 Å². The molecule has 21 heavy (non-hydrogen) atoms. The van der Waals surface area contributed by atoms with Gasteiger partial charge in [-0.1, -0.05) is 23.5 Å². The van der Waals surface area contributed by atoms with Crippen LogP contribution in [0.1, 0.15) is 22.2 Å². The van der Waals surface area contributed by atoms with Gasteiger partial charge >= 0.3 is 0 Å². The quantitative estimate of drug-likeness (QED) is 0.763. The maximum atomic E-state index is 12.2. The van der Waals surface area contributed by atoms with Crippen molar-refractivity contribution in [2.45, 2.75) is 13.5 Å². The minimum atomic E-state index is -0.260. The molecule has 1 heterocycles. The number of hydrogen-bond acceptors (Lipinski definition) is 6. The second-order valence-corrected chi connectivity index (χ2v) is 5.35. The Hall–Kier alpha value is -2.12. The van der Waals surface area contributed by atoms with E-state index in [0.717, 1.165) is 12.1 Å². The number of benzene rings is 1. The molecule has 0 saturated heterocycles. The zero-order chi connectivity index (χ0) is 15.2. The molecule has 1 amide bonds. The van der Waals surface area contributed by atoms with E-state index >= 15 is 0 Å². The number of nitrogens with two attached hydrogens (primary N) is 1. The van der Waals surface area contributed by atoms with Crippen LogP contribution in [0, 0.1) is 0 Å². The van der Waals surface area contributed by atoms with E-state index in [1.165, 1.54) is 11.3 Å². The molecule has 2 rings (SSSR count). The molecule has 0 spiro atoms. The molecule has 0 aliphatic carbocycles. The van der Waals surface area contributed by atoms with Crippen molar-refractivity contribution in [2.75, 3.05) is 30.0 Å². The van der Waals surface area contributed by atoms with Crippen LogP contribution in [-0.4, -0.2) is 24.5 Å². The third kappa shape index (κ3) is 3.93. The summed E-state index contributed by atoms with van der Waals surface area (Å²) in [6, 6.07) is 7.48. The number of anilines is 3. The molecule has 0 atom stereocenters. The van der Waals surface area contributed by atoms with Crippen LogP contribution < -0.4 is 16.4 Å². The van der Waals surface area contributed by atoms with Crippen molar-refractivity contribution in [3.63, 3.8) is 0 Å². The van der Waals surface area contributed by atoms with Gasteiger partial charge in [0.1, 0.15) is 10.7 Å². The second-order valence-electron chi connectivity index (χ2n) is 4.35. The van der Waals surface area contributed by atoms with E-state index in [-0.39, 0.29) is 11.7 Å². The summed E-state index contributed by atoms with van der Waals surface area (Å²) in [6.07, 6.45) is 0. The van der Waals surface area contributed by atoms with Gasteiger partial charge in [-0.15, -0.1) is 0 Å². The van der Waals surface area contributed by atoms with Crippen LogP contribution in [0.25, 0.3) is 0 Å². The number of nitrogen functional groups attached to an aromatic ring is 1. The Bertz CT molecular complexity index is 627. The second kappa shape index (κ2) is 7.05. The number of hydrogen-bond donors (Lipinski definition) is 3. The summed E-state index contributed by atoms with van der Waals surface area (Å²) in [4.78, 5) is 16.8. The van der Waals surface area contributed by atoms with E-state index in [0.29, 0.717) is 22.3 Å². The summed E-state index contributed by atoms with van der Waals surface area (Å²) in [5, 5.41) is 6.51. The lowest BCUT2D eigenvalue weighted by Gasteiger charge is -2.06.